The molecule has 0 saturated carbocycles. The molecule has 33 heavy (non-hydrogen) atoms. The molecule has 9 nitrogen and oxygen atoms in total. The lowest BCUT2D eigenvalue weighted by molar-refractivity contribution is -0.119. The second-order valence-electron chi connectivity index (χ2n) is 7.11. The molecule has 1 heterocycles. The molecule has 3 aromatic carbocycles. The second kappa shape index (κ2) is 8.75. The summed E-state index contributed by atoms with van der Waals surface area (Å²) in [5.41, 5.74) is 6.72. The second-order valence-corrected chi connectivity index (χ2v) is 7.11. The Morgan fingerprint density at radius 1 is 0.818 bits per heavy atom. The number of nitrogens with zero attached hydrogens (tertiary/aromatic N) is 1. The summed E-state index contributed by atoms with van der Waals surface area (Å²) in [5, 5.41) is 2.53. The van der Waals surface area contributed by atoms with Crippen molar-refractivity contribution in [3.8, 4) is 0 Å². The van der Waals surface area contributed by atoms with Crippen molar-refractivity contribution in [1.82, 2.24) is 0 Å². The third-order valence-electron chi connectivity index (χ3n) is 4.92. The minimum absolute atomic E-state index is 0.0719. The number of carbonyl (C=O) groups is 5. The number of nitrogens with one attached hydrogen (secondary N) is 1. The number of nitrogens with two attached hydrogens (primary N) is 1. The average molecular weight is 443 g/mol. The summed E-state index contributed by atoms with van der Waals surface area (Å²) in [6, 6.07) is 18.2. The first-order valence-corrected chi connectivity index (χ1v) is 9.80. The van der Waals surface area contributed by atoms with E-state index in [1.165, 1.54) is 48.5 Å². The summed E-state index contributed by atoms with van der Waals surface area (Å²) in [5.74, 6) is -2.95. The van der Waals surface area contributed by atoms with Crippen LogP contribution in [0, 0.1) is 0 Å². The number of fused-ring (bicyclic) bond motifs is 1. The Balaban J connectivity index is 1.40. The number of hydrogen-bond acceptors (Lipinski definition) is 6. The third-order valence-corrected chi connectivity index (χ3v) is 4.92. The summed E-state index contributed by atoms with van der Waals surface area (Å²) in [6.07, 6.45) is 0. The van der Waals surface area contributed by atoms with Crippen LogP contribution in [-0.4, -0.2) is 36.2 Å². The van der Waals surface area contributed by atoms with Crippen LogP contribution in [0.2, 0.25) is 0 Å². The highest BCUT2D eigenvalue weighted by molar-refractivity contribution is 6.34. The highest BCUT2D eigenvalue weighted by atomic mass is 16.5. The van der Waals surface area contributed by atoms with Crippen LogP contribution in [0.15, 0.2) is 72.8 Å². The van der Waals surface area contributed by atoms with Crippen molar-refractivity contribution < 1.29 is 28.7 Å². The van der Waals surface area contributed by atoms with Gasteiger partial charge in [0.25, 0.3) is 17.7 Å². The van der Waals surface area contributed by atoms with Gasteiger partial charge < -0.3 is 15.8 Å². The smallest absolute Gasteiger partial charge is 0.338 e. The number of carbonyl (C=O) groups excluding carboxylic acids is 5. The van der Waals surface area contributed by atoms with Gasteiger partial charge in [0.05, 0.1) is 22.4 Å². The molecule has 0 bridgehead atoms. The summed E-state index contributed by atoms with van der Waals surface area (Å²) < 4.78 is 5.04. The maximum atomic E-state index is 12.6. The summed E-state index contributed by atoms with van der Waals surface area (Å²) in [7, 11) is 0. The van der Waals surface area contributed by atoms with Gasteiger partial charge in [0, 0.05) is 11.3 Å². The average Bonchev–Trinajstić information content (AvgIpc) is 3.08. The zero-order chi connectivity index (χ0) is 23.5. The van der Waals surface area contributed by atoms with Crippen LogP contribution in [0.3, 0.4) is 0 Å². The van der Waals surface area contributed by atoms with Gasteiger partial charge in [0.2, 0.25) is 5.91 Å². The molecule has 0 atom stereocenters. The Kier molecular flexibility index (Phi) is 5.69. The Morgan fingerprint density at radius 3 is 2.06 bits per heavy atom. The lowest BCUT2D eigenvalue weighted by atomic mass is 10.1. The molecule has 1 aliphatic rings. The van der Waals surface area contributed by atoms with Gasteiger partial charge >= 0.3 is 5.97 Å². The van der Waals surface area contributed by atoms with Gasteiger partial charge in [-0.15, -0.1) is 0 Å². The monoisotopic (exact) mass is 443 g/mol. The van der Waals surface area contributed by atoms with Crippen LogP contribution in [0.1, 0.15) is 41.4 Å². The summed E-state index contributed by atoms with van der Waals surface area (Å²) >= 11 is 0. The number of ether oxygens (including phenoxy) is 1. The molecule has 1 aliphatic heterocycles. The van der Waals surface area contributed by atoms with Crippen LogP contribution in [-0.2, 0) is 9.53 Å². The Morgan fingerprint density at radius 2 is 1.45 bits per heavy atom. The molecule has 0 saturated heterocycles. The van der Waals surface area contributed by atoms with E-state index in [9.17, 15) is 24.0 Å². The lowest BCUT2D eigenvalue weighted by Crippen LogP contribution is -2.29. The molecule has 4 rings (SSSR count). The normalized spacial score (nSPS) is 12.3. The number of hydrogen-bond donors (Lipinski definition) is 2. The molecule has 9 heteroatoms. The SMILES string of the molecule is NC(=O)c1ccc(NC(=O)COC(=O)c2cccc(N3C(=O)c4ccccc4C3=O)c2)cc1. The van der Waals surface area contributed by atoms with Gasteiger partial charge in [-0.3, -0.25) is 19.2 Å². The number of esters is 1. The van der Waals surface area contributed by atoms with Crippen molar-refractivity contribution in [2.45, 2.75) is 0 Å². The van der Waals surface area contributed by atoms with Gasteiger partial charge in [-0.05, 0) is 54.6 Å². The molecule has 3 N–H and O–H groups in total. The van der Waals surface area contributed by atoms with Crippen molar-refractivity contribution >= 4 is 41.0 Å². The maximum absolute atomic E-state index is 12.6. The molecular formula is C24H17N3O6. The quantitative estimate of drug-likeness (QED) is 0.443. The minimum Gasteiger partial charge on any atom is -0.452 e. The molecule has 0 fully saturated rings. The van der Waals surface area contributed by atoms with Crippen LogP contribution in [0.5, 0.6) is 0 Å². The fourth-order valence-electron chi connectivity index (χ4n) is 3.33. The fraction of sp³-hybridized carbons (Fsp3) is 0.0417. The number of rotatable bonds is 6. The van der Waals surface area contributed by atoms with Crippen molar-refractivity contribution in [3.05, 3.63) is 95.1 Å². The number of primary amides is 1. The van der Waals surface area contributed by atoms with E-state index < -0.39 is 36.2 Å². The largest absolute Gasteiger partial charge is 0.452 e. The van der Waals surface area contributed by atoms with E-state index in [2.05, 4.69) is 5.32 Å². The van der Waals surface area contributed by atoms with E-state index >= 15 is 0 Å². The fourth-order valence-corrected chi connectivity index (χ4v) is 3.33. The van der Waals surface area contributed by atoms with Crippen LogP contribution in [0.4, 0.5) is 11.4 Å². The van der Waals surface area contributed by atoms with E-state index in [1.54, 1.807) is 24.3 Å². The van der Waals surface area contributed by atoms with Crippen LogP contribution in [0.25, 0.3) is 0 Å². The Bertz CT molecular complexity index is 1260. The van der Waals surface area contributed by atoms with Crippen molar-refractivity contribution in [2.24, 2.45) is 5.73 Å². The molecule has 0 aliphatic carbocycles. The molecule has 164 valence electrons. The molecule has 0 aromatic heterocycles. The van der Waals surface area contributed by atoms with Gasteiger partial charge in [-0.2, -0.15) is 0 Å². The predicted octanol–water partition coefficient (Wildman–Crippen LogP) is 2.38. The Labute approximate surface area is 187 Å². The van der Waals surface area contributed by atoms with Gasteiger partial charge in [0.1, 0.15) is 0 Å². The van der Waals surface area contributed by atoms with Crippen molar-refractivity contribution in [2.75, 3.05) is 16.8 Å². The van der Waals surface area contributed by atoms with E-state index in [-0.39, 0.29) is 27.9 Å². The van der Waals surface area contributed by atoms with E-state index in [0.717, 1.165) is 4.90 Å². The predicted molar refractivity (Wildman–Crippen MR) is 118 cm³/mol. The third kappa shape index (κ3) is 4.33. The minimum atomic E-state index is -0.798. The number of imide groups is 1. The molecule has 0 radical (unpaired) electrons. The molecular weight excluding hydrogens is 426 g/mol. The molecule has 0 unspecified atom stereocenters. The van der Waals surface area contributed by atoms with Crippen LogP contribution >= 0.6 is 0 Å². The van der Waals surface area contributed by atoms with Gasteiger partial charge in [-0.25, -0.2) is 9.69 Å². The summed E-state index contributed by atoms with van der Waals surface area (Å²) in [4.78, 5) is 61.9. The molecule has 0 spiro atoms. The lowest BCUT2D eigenvalue weighted by Gasteiger charge is -2.15. The summed E-state index contributed by atoms with van der Waals surface area (Å²) in [6.45, 7) is -0.562. The zero-order valence-corrected chi connectivity index (χ0v) is 17.1. The zero-order valence-electron chi connectivity index (χ0n) is 17.1. The van der Waals surface area contributed by atoms with Gasteiger partial charge in [-0.1, -0.05) is 18.2 Å². The van der Waals surface area contributed by atoms with E-state index in [1.807, 2.05) is 0 Å². The molecule has 3 aromatic rings. The standard InChI is InChI=1S/C24H17N3O6/c25-21(29)14-8-10-16(11-9-14)26-20(28)13-33-24(32)15-4-3-5-17(12-15)27-22(30)18-6-1-2-7-19(18)23(27)31/h1-12H,13H2,(H2,25,29)(H,26,28). The number of anilines is 2. The number of amides is 4. The van der Waals surface area contributed by atoms with E-state index in [4.69, 9.17) is 10.5 Å². The Hall–Kier alpha value is -4.79. The highest BCUT2D eigenvalue weighted by Crippen LogP contribution is 2.28. The van der Waals surface area contributed by atoms with Gasteiger partial charge in [0.15, 0.2) is 6.61 Å². The van der Waals surface area contributed by atoms with Crippen LogP contribution < -0.4 is 16.0 Å². The first kappa shape index (κ1) is 21.4. The van der Waals surface area contributed by atoms with E-state index in [0.29, 0.717) is 5.69 Å². The van der Waals surface area contributed by atoms with Crippen molar-refractivity contribution in [3.63, 3.8) is 0 Å². The van der Waals surface area contributed by atoms with Crippen molar-refractivity contribution in [1.29, 1.82) is 0 Å². The number of benzene rings is 3. The maximum Gasteiger partial charge on any atom is 0.338 e. The topological polar surface area (TPSA) is 136 Å². The molecule has 4 amide bonds. The first-order valence-electron chi connectivity index (χ1n) is 9.80. The highest BCUT2D eigenvalue weighted by Gasteiger charge is 2.36. The first-order chi connectivity index (χ1) is 15.8.